The second-order valence-corrected chi connectivity index (χ2v) is 6.80. The van der Waals surface area contributed by atoms with E-state index in [0.29, 0.717) is 12.0 Å². The van der Waals surface area contributed by atoms with Crippen LogP contribution in [-0.4, -0.2) is 33.6 Å². The summed E-state index contributed by atoms with van der Waals surface area (Å²) < 4.78 is 2.41. The maximum atomic E-state index is 4.95. The van der Waals surface area contributed by atoms with Crippen LogP contribution in [0.15, 0.2) is 6.20 Å². The zero-order valence-corrected chi connectivity index (χ0v) is 12.6. The Kier molecular flexibility index (Phi) is 3.66. The number of aromatic nitrogens is 2. The van der Waals surface area contributed by atoms with E-state index in [-0.39, 0.29) is 0 Å². The molecule has 3 heterocycles. The Hall–Kier alpha value is -0.830. The third kappa shape index (κ3) is 2.71. The Morgan fingerprint density at radius 1 is 1.26 bits per heavy atom. The summed E-state index contributed by atoms with van der Waals surface area (Å²) in [5.41, 5.74) is 1.36. The molecule has 0 radical (unpaired) electrons. The van der Waals surface area contributed by atoms with Crippen molar-refractivity contribution in [1.29, 1.82) is 0 Å². The van der Waals surface area contributed by atoms with Gasteiger partial charge >= 0.3 is 0 Å². The molecule has 0 aliphatic carbocycles. The minimum absolute atomic E-state index is 0.657. The number of piperidine rings is 1. The lowest BCUT2D eigenvalue weighted by Gasteiger charge is -2.34. The van der Waals surface area contributed by atoms with E-state index in [9.17, 15) is 0 Å². The minimum atomic E-state index is 0.657. The average Bonchev–Trinajstić information content (AvgIpc) is 2.81. The molecule has 2 unspecified atom stereocenters. The van der Waals surface area contributed by atoms with Crippen LogP contribution in [0, 0.1) is 5.92 Å². The normalized spacial score (nSPS) is 28.6. The van der Waals surface area contributed by atoms with Crippen molar-refractivity contribution in [3.05, 3.63) is 17.7 Å². The molecule has 1 aromatic heterocycles. The van der Waals surface area contributed by atoms with Gasteiger partial charge in [0.1, 0.15) is 5.82 Å². The van der Waals surface area contributed by atoms with Gasteiger partial charge in [-0.1, -0.05) is 6.92 Å². The highest BCUT2D eigenvalue weighted by molar-refractivity contribution is 5.13. The van der Waals surface area contributed by atoms with Crippen molar-refractivity contribution in [3.63, 3.8) is 0 Å². The highest BCUT2D eigenvalue weighted by Gasteiger charge is 2.26. The second-order valence-electron chi connectivity index (χ2n) is 6.80. The van der Waals surface area contributed by atoms with Crippen LogP contribution < -0.4 is 0 Å². The molecule has 1 saturated heterocycles. The lowest BCUT2D eigenvalue weighted by Crippen LogP contribution is -2.39. The summed E-state index contributed by atoms with van der Waals surface area (Å²) in [6.07, 6.45) is 7.46. The first kappa shape index (κ1) is 13.2. The van der Waals surface area contributed by atoms with Gasteiger partial charge in [0.15, 0.2) is 0 Å². The van der Waals surface area contributed by atoms with Gasteiger partial charge in [-0.25, -0.2) is 4.98 Å². The lowest BCUT2D eigenvalue weighted by atomic mass is 9.94. The third-order valence-corrected chi connectivity index (χ3v) is 4.87. The summed E-state index contributed by atoms with van der Waals surface area (Å²) in [6, 6.07) is 0.667. The quantitative estimate of drug-likeness (QED) is 0.816. The predicted octanol–water partition coefficient (Wildman–Crippen LogP) is 3.05. The highest BCUT2D eigenvalue weighted by atomic mass is 15.2. The Balaban J connectivity index is 1.75. The van der Waals surface area contributed by atoms with E-state index in [4.69, 9.17) is 4.98 Å². The van der Waals surface area contributed by atoms with Gasteiger partial charge in [-0.05, 0) is 45.6 Å². The molecule has 3 heteroatoms. The van der Waals surface area contributed by atoms with E-state index in [0.717, 1.165) is 5.92 Å². The summed E-state index contributed by atoms with van der Waals surface area (Å²) in [5, 5.41) is 0. The fourth-order valence-electron chi connectivity index (χ4n) is 3.52. The molecule has 2 aliphatic rings. The minimum Gasteiger partial charge on any atom is -0.335 e. The fraction of sp³-hybridized carbons (Fsp3) is 0.812. The average molecular weight is 261 g/mol. The first-order valence-electron chi connectivity index (χ1n) is 7.93. The van der Waals surface area contributed by atoms with Crippen LogP contribution in [0.4, 0.5) is 0 Å². The molecule has 0 N–H and O–H groups in total. The van der Waals surface area contributed by atoms with Crippen LogP contribution in [-0.2, 0) is 13.0 Å². The molecule has 1 fully saturated rings. The van der Waals surface area contributed by atoms with Gasteiger partial charge in [0, 0.05) is 37.7 Å². The number of likely N-dealkylation sites (tertiary alicyclic amines) is 1. The number of hydrogen-bond acceptors (Lipinski definition) is 2. The van der Waals surface area contributed by atoms with Gasteiger partial charge in [0.2, 0.25) is 0 Å². The zero-order valence-electron chi connectivity index (χ0n) is 12.6. The number of aryl methyl sites for hydroxylation is 1. The maximum Gasteiger partial charge on any atom is 0.109 e. The van der Waals surface area contributed by atoms with Gasteiger partial charge in [0.05, 0.1) is 5.69 Å². The molecule has 0 spiro atoms. The van der Waals surface area contributed by atoms with Gasteiger partial charge < -0.3 is 9.47 Å². The smallest absolute Gasteiger partial charge is 0.109 e. The van der Waals surface area contributed by atoms with Gasteiger partial charge in [-0.2, -0.15) is 0 Å². The Morgan fingerprint density at radius 3 is 2.89 bits per heavy atom. The largest absolute Gasteiger partial charge is 0.335 e. The molecule has 0 saturated carbocycles. The Bertz CT molecular complexity index is 435. The molecule has 2 atom stereocenters. The van der Waals surface area contributed by atoms with Crippen LogP contribution in [0.5, 0.6) is 0 Å². The summed E-state index contributed by atoms with van der Waals surface area (Å²) in [7, 11) is 0. The zero-order chi connectivity index (χ0) is 13.4. The number of rotatable bonds is 2. The van der Waals surface area contributed by atoms with E-state index in [1.807, 2.05) is 0 Å². The molecule has 0 amide bonds. The van der Waals surface area contributed by atoms with Crippen LogP contribution in [0.3, 0.4) is 0 Å². The molecular formula is C16H27N3. The van der Waals surface area contributed by atoms with Crippen LogP contribution >= 0.6 is 0 Å². The molecule has 106 valence electrons. The molecule has 3 rings (SSSR count). The van der Waals surface area contributed by atoms with Crippen LogP contribution in [0.25, 0.3) is 0 Å². The predicted molar refractivity (Wildman–Crippen MR) is 78.4 cm³/mol. The summed E-state index contributed by atoms with van der Waals surface area (Å²) in [5.74, 6) is 2.79. The number of fused-ring (bicyclic) bond motifs is 1. The Labute approximate surface area is 117 Å². The fourth-order valence-corrected chi connectivity index (χ4v) is 3.52. The SMILES string of the molecule is CC1CCn2cc(C3CCCN(C(C)C)C3)nc2C1. The summed E-state index contributed by atoms with van der Waals surface area (Å²) in [6.45, 7) is 10.6. The van der Waals surface area contributed by atoms with Gasteiger partial charge in [0.25, 0.3) is 0 Å². The number of nitrogens with zero attached hydrogens (tertiary/aromatic N) is 3. The molecule has 1 aromatic rings. The van der Waals surface area contributed by atoms with Crippen LogP contribution in [0.1, 0.15) is 57.5 Å². The molecule has 2 aliphatic heterocycles. The molecule has 0 aromatic carbocycles. The Morgan fingerprint density at radius 2 is 2.11 bits per heavy atom. The van der Waals surface area contributed by atoms with Crippen molar-refractivity contribution < 1.29 is 0 Å². The number of imidazole rings is 1. The topological polar surface area (TPSA) is 21.1 Å². The van der Waals surface area contributed by atoms with Crippen molar-refractivity contribution in [3.8, 4) is 0 Å². The van der Waals surface area contributed by atoms with Crippen molar-refractivity contribution in [2.45, 2.75) is 65.0 Å². The highest BCUT2D eigenvalue weighted by Crippen LogP contribution is 2.29. The van der Waals surface area contributed by atoms with E-state index >= 15 is 0 Å². The van der Waals surface area contributed by atoms with Gasteiger partial charge in [-0.15, -0.1) is 0 Å². The van der Waals surface area contributed by atoms with Crippen LogP contribution in [0.2, 0.25) is 0 Å². The van der Waals surface area contributed by atoms with E-state index in [1.165, 1.54) is 56.8 Å². The molecule has 0 bridgehead atoms. The first-order chi connectivity index (χ1) is 9.13. The van der Waals surface area contributed by atoms with Crippen molar-refractivity contribution in [1.82, 2.24) is 14.5 Å². The van der Waals surface area contributed by atoms with Gasteiger partial charge in [-0.3, -0.25) is 0 Å². The standard InChI is InChI=1S/C16H27N3/c1-12(2)18-7-4-5-14(10-18)15-11-19-8-6-13(3)9-16(19)17-15/h11-14H,4-10H2,1-3H3. The lowest BCUT2D eigenvalue weighted by molar-refractivity contribution is 0.166. The molecular weight excluding hydrogens is 234 g/mol. The first-order valence-corrected chi connectivity index (χ1v) is 7.93. The maximum absolute atomic E-state index is 4.95. The van der Waals surface area contributed by atoms with Crippen molar-refractivity contribution in [2.24, 2.45) is 5.92 Å². The second kappa shape index (κ2) is 5.28. The molecule has 3 nitrogen and oxygen atoms in total. The van der Waals surface area contributed by atoms with E-state index < -0.39 is 0 Å². The van der Waals surface area contributed by atoms with Crippen molar-refractivity contribution in [2.75, 3.05) is 13.1 Å². The molecule has 19 heavy (non-hydrogen) atoms. The summed E-state index contributed by atoms with van der Waals surface area (Å²) >= 11 is 0. The van der Waals surface area contributed by atoms with Crippen molar-refractivity contribution >= 4 is 0 Å². The number of hydrogen-bond donors (Lipinski definition) is 0. The van der Waals surface area contributed by atoms with E-state index in [2.05, 4.69) is 36.4 Å². The third-order valence-electron chi connectivity index (χ3n) is 4.87. The summed E-state index contributed by atoms with van der Waals surface area (Å²) in [4.78, 5) is 7.56. The van der Waals surface area contributed by atoms with E-state index in [1.54, 1.807) is 0 Å². The monoisotopic (exact) mass is 261 g/mol.